The van der Waals surface area contributed by atoms with Gasteiger partial charge in [-0.1, -0.05) is 0 Å². The van der Waals surface area contributed by atoms with Crippen molar-refractivity contribution in [2.45, 2.75) is 24.6 Å². The third kappa shape index (κ3) is 2.51. The fraction of sp³-hybridized carbons (Fsp3) is 0.364. The van der Waals surface area contributed by atoms with Crippen LogP contribution in [0.4, 0.5) is 13.2 Å². The standard InChI is InChI=1S/C11H9F3N2O3/c12-11(13,14)10(2-3-10)16-8(17)6-1-4-15-7(5-6)9(18)19/h1,4-5H,2-3H2,(H,16,17)(H,18,19). The van der Waals surface area contributed by atoms with E-state index in [4.69, 9.17) is 5.11 Å². The summed E-state index contributed by atoms with van der Waals surface area (Å²) in [7, 11) is 0. The first-order chi connectivity index (χ1) is 8.75. The van der Waals surface area contributed by atoms with E-state index < -0.39 is 29.3 Å². The van der Waals surface area contributed by atoms with E-state index in [0.717, 1.165) is 18.3 Å². The number of carboxylic acids is 1. The van der Waals surface area contributed by atoms with Gasteiger partial charge in [-0.25, -0.2) is 9.78 Å². The van der Waals surface area contributed by atoms with Gasteiger partial charge in [-0.05, 0) is 25.0 Å². The van der Waals surface area contributed by atoms with Crippen molar-refractivity contribution in [2.75, 3.05) is 0 Å². The highest BCUT2D eigenvalue weighted by Gasteiger charge is 2.64. The van der Waals surface area contributed by atoms with Gasteiger partial charge in [0.1, 0.15) is 11.2 Å². The molecule has 8 heteroatoms. The second-order valence-corrected chi connectivity index (χ2v) is 4.27. The number of halogens is 3. The van der Waals surface area contributed by atoms with Gasteiger partial charge in [0.2, 0.25) is 0 Å². The van der Waals surface area contributed by atoms with E-state index in [1.807, 2.05) is 5.32 Å². The van der Waals surface area contributed by atoms with Crippen LogP contribution in [0.3, 0.4) is 0 Å². The maximum absolute atomic E-state index is 12.7. The summed E-state index contributed by atoms with van der Waals surface area (Å²) in [6, 6.07) is 2.10. The number of pyridine rings is 1. The Morgan fingerprint density at radius 3 is 2.47 bits per heavy atom. The van der Waals surface area contributed by atoms with Gasteiger partial charge in [-0.3, -0.25) is 4.79 Å². The van der Waals surface area contributed by atoms with Crippen molar-refractivity contribution >= 4 is 11.9 Å². The lowest BCUT2D eigenvalue weighted by Gasteiger charge is -2.20. The molecule has 0 spiro atoms. The fourth-order valence-electron chi connectivity index (χ4n) is 1.58. The summed E-state index contributed by atoms with van der Waals surface area (Å²) in [6.07, 6.45) is -3.78. The summed E-state index contributed by atoms with van der Waals surface area (Å²) < 4.78 is 38.0. The fourth-order valence-corrected chi connectivity index (χ4v) is 1.58. The number of carbonyl (C=O) groups is 2. The predicted molar refractivity (Wildman–Crippen MR) is 56.7 cm³/mol. The summed E-state index contributed by atoms with van der Waals surface area (Å²) in [5, 5.41) is 10.6. The van der Waals surface area contributed by atoms with Gasteiger partial charge in [-0.2, -0.15) is 13.2 Å². The van der Waals surface area contributed by atoms with Gasteiger partial charge in [0.25, 0.3) is 5.91 Å². The van der Waals surface area contributed by atoms with Crippen molar-refractivity contribution in [3.63, 3.8) is 0 Å². The van der Waals surface area contributed by atoms with Crippen LogP contribution >= 0.6 is 0 Å². The van der Waals surface area contributed by atoms with Gasteiger partial charge in [0.05, 0.1) is 0 Å². The third-order valence-corrected chi connectivity index (χ3v) is 2.89. The smallest absolute Gasteiger partial charge is 0.411 e. The molecule has 2 N–H and O–H groups in total. The van der Waals surface area contributed by atoms with Gasteiger partial charge < -0.3 is 10.4 Å². The quantitative estimate of drug-likeness (QED) is 0.877. The lowest BCUT2D eigenvalue weighted by atomic mass is 10.2. The number of hydrogen-bond donors (Lipinski definition) is 2. The minimum absolute atomic E-state index is 0.164. The Balaban J connectivity index is 2.17. The van der Waals surface area contributed by atoms with Gasteiger partial charge in [0.15, 0.2) is 0 Å². The third-order valence-electron chi connectivity index (χ3n) is 2.89. The molecule has 0 atom stereocenters. The Morgan fingerprint density at radius 2 is 2.00 bits per heavy atom. The van der Waals surface area contributed by atoms with Crippen LogP contribution in [-0.4, -0.2) is 33.7 Å². The molecule has 0 aliphatic heterocycles. The number of carboxylic acid groups (broad SMARTS) is 1. The molecule has 0 unspecified atom stereocenters. The van der Waals surface area contributed by atoms with E-state index in [1.165, 1.54) is 0 Å². The molecular formula is C11H9F3N2O3. The molecule has 19 heavy (non-hydrogen) atoms. The van der Waals surface area contributed by atoms with Crippen LogP contribution in [0.2, 0.25) is 0 Å². The summed E-state index contributed by atoms with van der Waals surface area (Å²) in [5.74, 6) is -2.31. The molecule has 0 radical (unpaired) electrons. The second kappa shape index (κ2) is 4.22. The first kappa shape index (κ1) is 13.3. The number of rotatable bonds is 3. The zero-order chi connectivity index (χ0) is 14.3. The number of amides is 1. The summed E-state index contributed by atoms with van der Waals surface area (Å²) in [5.41, 5.74) is -2.73. The number of aromatic nitrogens is 1. The zero-order valence-electron chi connectivity index (χ0n) is 9.49. The number of aromatic carboxylic acids is 1. The van der Waals surface area contributed by atoms with Gasteiger partial charge in [0, 0.05) is 11.8 Å². The largest absolute Gasteiger partial charge is 0.477 e. The average Bonchev–Trinajstić information content (AvgIpc) is 3.09. The van der Waals surface area contributed by atoms with Crippen LogP contribution in [0.25, 0.3) is 0 Å². The molecule has 5 nitrogen and oxygen atoms in total. The van der Waals surface area contributed by atoms with E-state index >= 15 is 0 Å². The average molecular weight is 274 g/mol. The molecule has 1 saturated carbocycles. The Bertz CT molecular complexity index is 538. The monoisotopic (exact) mass is 274 g/mol. The predicted octanol–water partition coefficient (Wildman–Crippen LogP) is 1.60. The summed E-state index contributed by atoms with van der Waals surface area (Å²) in [4.78, 5) is 25.8. The minimum Gasteiger partial charge on any atom is -0.477 e. The SMILES string of the molecule is O=C(NC1(C(F)(F)F)CC1)c1ccnc(C(=O)O)c1. The molecule has 102 valence electrons. The summed E-state index contributed by atoms with van der Waals surface area (Å²) in [6.45, 7) is 0. The first-order valence-electron chi connectivity index (χ1n) is 5.34. The number of hydrogen-bond acceptors (Lipinski definition) is 3. The van der Waals surface area contributed by atoms with Crippen LogP contribution < -0.4 is 5.32 Å². The van der Waals surface area contributed by atoms with Gasteiger partial charge in [-0.15, -0.1) is 0 Å². The highest BCUT2D eigenvalue weighted by molar-refractivity contribution is 5.97. The number of nitrogens with zero attached hydrogens (tertiary/aromatic N) is 1. The molecule has 1 aromatic rings. The maximum Gasteiger partial charge on any atom is 0.411 e. The van der Waals surface area contributed by atoms with E-state index in [0.29, 0.717) is 0 Å². The summed E-state index contributed by atoms with van der Waals surface area (Å²) >= 11 is 0. The molecule has 0 bridgehead atoms. The van der Waals surface area contributed by atoms with E-state index in [2.05, 4.69) is 4.98 Å². The van der Waals surface area contributed by atoms with Crippen LogP contribution in [0, 0.1) is 0 Å². The van der Waals surface area contributed by atoms with Crippen molar-refractivity contribution in [3.8, 4) is 0 Å². The molecule has 1 aliphatic carbocycles. The molecule has 1 aliphatic rings. The first-order valence-corrected chi connectivity index (χ1v) is 5.34. The van der Waals surface area contributed by atoms with Crippen molar-refractivity contribution < 1.29 is 27.9 Å². The highest BCUT2D eigenvalue weighted by Crippen LogP contribution is 2.49. The van der Waals surface area contributed by atoms with E-state index in [9.17, 15) is 22.8 Å². The van der Waals surface area contributed by atoms with E-state index in [1.54, 1.807) is 0 Å². The lowest BCUT2D eigenvalue weighted by molar-refractivity contribution is -0.163. The van der Waals surface area contributed by atoms with Crippen molar-refractivity contribution in [1.29, 1.82) is 0 Å². The zero-order valence-corrected chi connectivity index (χ0v) is 9.49. The van der Waals surface area contributed by atoms with Crippen LogP contribution in [0.1, 0.15) is 33.7 Å². The second-order valence-electron chi connectivity index (χ2n) is 4.27. The normalized spacial score (nSPS) is 16.8. The molecular weight excluding hydrogens is 265 g/mol. The number of nitrogens with one attached hydrogen (secondary N) is 1. The Hall–Kier alpha value is -2.12. The topological polar surface area (TPSA) is 79.3 Å². The van der Waals surface area contributed by atoms with E-state index in [-0.39, 0.29) is 18.4 Å². The molecule has 1 fully saturated rings. The van der Waals surface area contributed by atoms with Gasteiger partial charge >= 0.3 is 12.1 Å². The number of carbonyl (C=O) groups excluding carboxylic acids is 1. The molecule has 1 aromatic heterocycles. The molecule has 0 saturated heterocycles. The maximum atomic E-state index is 12.7. The lowest BCUT2D eigenvalue weighted by Crippen LogP contribution is -2.47. The van der Waals surface area contributed by atoms with Crippen LogP contribution in [-0.2, 0) is 0 Å². The van der Waals surface area contributed by atoms with Crippen LogP contribution in [0.5, 0.6) is 0 Å². The Kier molecular flexibility index (Phi) is 2.95. The molecule has 0 aromatic carbocycles. The Morgan fingerprint density at radius 1 is 1.37 bits per heavy atom. The van der Waals surface area contributed by atoms with Crippen molar-refractivity contribution in [2.24, 2.45) is 0 Å². The highest BCUT2D eigenvalue weighted by atomic mass is 19.4. The minimum atomic E-state index is -4.51. The number of alkyl halides is 3. The van der Waals surface area contributed by atoms with Crippen molar-refractivity contribution in [3.05, 3.63) is 29.6 Å². The molecule has 1 heterocycles. The Labute approximate surface area is 105 Å². The van der Waals surface area contributed by atoms with Crippen LogP contribution in [0.15, 0.2) is 18.3 Å². The van der Waals surface area contributed by atoms with Crippen molar-refractivity contribution in [1.82, 2.24) is 10.3 Å². The molecule has 1 amide bonds. The molecule has 2 rings (SSSR count).